The highest BCUT2D eigenvalue weighted by Gasteiger charge is 2.25. The highest BCUT2D eigenvalue weighted by atomic mass is 16.4. The second-order valence-electron chi connectivity index (χ2n) is 5.09. The molecule has 114 valence electrons. The van der Waals surface area contributed by atoms with Crippen LogP contribution in [0.15, 0.2) is 18.2 Å². The number of carboxylic acid groups (broad SMARTS) is 1. The molecule has 1 rings (SSSR count). The van der Waals surface area contributed by atoms with Gasteiger partial charge in [0.15, 0.2) is 0 Å². The Bertz CT molecular complexity index is 583. The number of rotatable bonds is 5. The summed E-state index contributed by atoms with van der Waals surface area (Å²) in [4.78, 5) is 33.8. The van der Waals surface area contributed by atoms with Gasteiger partial charge in [-0.3, -0.25) is 4.79 Å². The number of carboxylic acids is 1. The molecular formula is C13H17N3O5. The average molecular weight is 295 g/mol. The third kappa shape index (κ3) is 4.37. The van der Waals surface area contributed by atoms with Gasteiger partial charge in [0.25, 0.3) is 0 Å². The summed E-state index contributed by atoms with van der Waals surface area (Å²) in [5.74, 6) is -2.09. The van der Waals surface area contributed by atoms with Crippen LogP contribution < -0.4 is 16.4 Å². The number of carbonyl (C=O) groups excluding carboxylic acids is 2. The largest absolute Gasteiger partial charge is 0.508 e. The molecule has 0 atom stereocenters. The molecule has 0 saturated heterocycles. The number of phenols is 1. The number of primary amides is 1. The highest BCUT2D eigenvalue weighted by molar-refractivity contribution is 6.00. The number of nitrogens with one attached hydrogen (secondary N) is 2. The highest BCUT2D eigenvalue weighted by Crippen LogP contribution is 2.21. The summed E-state index contributed by atoms with van der Waals surface area (Å²) < 4.78 is 0. The van der Waals surface area contributed by atoms with Crippen molar-refractivity contribution in [3.05, 3.63) is 23.8 Å². The Morgan fingerprint density at radius 3 is 2.43 bits per heavy atom. The number of phenolic OH excluding ortho intramolecular Hbond substituents is 1. The van der Waals surface area contributed by atoms with Crippen LogP contribution in [0.1, 0.15) is 24.2 Å². The number of carbonyl (C=O) groups is 3. The number of hydrogen-bond acceptors (Lipinski definition) is 4. The lowest BCUT2D eigenvalue weighted by atomic mass is 9.93. The van der Waals surface area contributed by atoms with Crippen molar-refractivity contribution in [2.75, 3.05) is 11.9 Å². The molecule has 0 aliphatic carbocycles. The van der Waals surface area contributed by atoms with Crippen LogP contribution in [0.25, 0.3) is 0 Å². The predicted molar refractivity (Wildman–Crippen MR) is 75.1 cm³/mol. The minimum atomic E-state index is -1.29. The Hall–Kier alpha value is -2.77. The van der Waals surface area contributed by atoms with Crippen LogP contribution in [0.2, 0.25) is 0 Å². The number of aromatic hydroxyl groups is 1. The zero-order valence-electron chi connectivity index (χ0n) is 11.6. The fraction of sp³-hybridized carbons (Fsp3) is 0.308. The predicted octanol–water partition coefficient (Wildman–Crippen LogP) is 0.723. The van der Waals surface area contributed by atoms with E-state index in [0.29, 0.717) is 0 Å². The molecule has 1 aromatic rings. The van der Waals surface area contributed by atoms with Gasteiger partial charge in [0.2, 0.25) is 5.91 Å². The number of benzene rings is 1. The quantitative estimate of drug-likeness (QED) is 0.509. The molecule has 0 aliphatic heterocycles. The topological polar surface area (TPSA) is 142 Å². The third-order valence-corrected chi connectivity index (χ3v) is 2.84. The lowest BCUT2D eigenvalue weighted by Crippen LogP contribution is -2.43. The van der Waals surface area contributed by atoms with E-state index in [1.54, 1.807) is 13.8 Å². The maximum absolute atomic E-state index is 11.7. The standard InChI is InChI=1S/C13H17N3O5/c1-13(2,11(14)20)6-15-12(21)16-9-4-3-7(17)5-8(9)10(18)19/h3-5,17H,6H2,1-2H3,(H2,14,20)(H,18,19)(H2,15,16,21). The molecule has 0 aliphatic rings. The summed E-state index contributed by atoms with van der Waals surface area (Å²) in [6.07, 6.45) is 0. The molecule has 0 spiro atoms. The number of hydrogen-bond donors (Lipinski definition) is 5. The number of aromatic carboxylic acids is 1. The summed E-state index contributed by atoms with van der Waals surface area (Å²) in [6.45, 7) is 3.13. The molecule has 0 bridgehead atoms. The van der Waals surface area contributed by atoms with Crippen LogP contribution in [0.3, 0.4) is 0 Å². The Labute approximate surface area is 120 Å². The van der Waals surface area contributed by atoms with Gasteiger partial charge in [-0.1, -0.05) is 0 Å². The van der Waals surface area contributed by atoms with E-state index in [4.69, 9.17) is 10.8 Å². The van der Waals surface area contributed by atoms with E-state index in [2.05, 4.69) is 10.6 Å². The lowest BCUT2D eigenvalue weighted by Gasteiger charge is -2.21. The summed E-state index contributed by atoms with van der Waals surface area (Å²) in [6, 6.07) is 2.84. The summed E-state index contributed by atoms with van der Waals surface area (Å²) in [5.41, 5.74) is 4.02. The molecule has 0 radical (unpaired) electrons. The number of urea groups is 1. The molecule has 0 fully saturated rings. The maximum Gasteiger partial charge on any atom is 0.337 e. The first-order chi connectivity index (χ1) is 9.63. The minimum absolute atomic E-state index is 0.00530. The van der Waals surface area contributed by atoms with Crippen molar-refractivity contribution in [2.24, 2.45) is 11.1 Å². The lowest BCUT2D eigenvalue weighted by molar-refractivity contribution is -0.125. The smallest absolute Gasteiger partial charge is 0.337 e. The van der Waals surface area contributed by atoms with E-state index in [1.807, 2.05) is 0 Å². The van der Waals surface area contributed by atoms with Crippen LogP contribution in [0.4, 0.5) is 10.5 Å². The second-order valence-corrected chi connectivity index (χ2v) is 5.09. The summed E-state index contributed by atoms with van der Waals surface area (Å²) in [5, 5.41) is 23.0. The Kier molecular flexibility index (Phi) is 4.75. The summed E-state index contributed by atoms with van der Waals surface area (Å²) >= 11 is 0. The van der Waals surface area contributed by atoms with Crippen molar-refractivity contribution >= 4 is 23.6 Å². The van der Waals surface area contributed by atoms with Gasteiger partial charge in [-0.25, -0.2) is 9.59 Å². The van der Waals surface area contributed by atoms with Crippen LogP contribution in [0, 0.1) is 5.41 Å². The van der Waals surface area contributed by atoms with Crippen LogP contribution in [-0.4, -0.2) is 34.7 Å². The van der Waals surface area contributed by atoms with E-state index in [0.717, 1.165) is 6.07 Å². The van der Waals surface area contributed by atoms with Crippen molar-refractivity contribution in [1.29, 1.82) is 0 Å². The number of amides is 3. The second kappa shape index (κ2) is 6.12. The molecule has 8 nitrogen and oxygen atoms in total. The van der Waals surface area contributed by atoms with E-state index < -0.39 is 23.3 Å². The van der Waals surface area contributed by atoms with Crippen LogP contribution in [0.5, 0.6) is 5.75 Å². The van der Waals surface area contributed by atoms with E-state index in [9.17, 15) is 19.5 Å². The molecule has 1 aromatic carbocycles. The van der Waals surface area contributed by atoms with Gasteiger partial charge in [0.1, 0.15) is 5.75 Å². The Morgan fingerprint density at radius 1 is 1.29 bits per heavy atom. The molecule has 21 heavy (non-hydrogen) atoms. The first-order valence-electron chi connectivity index (χ1n) is 6.04. The first kappa shape index (κ1) is 16.3. The molecule has 3 amide bonds. The zero-order valence-corrected chi connectivity index (χ0v) is 11.6. The monoisotopic (exact) mass is 295 g/mol. The van der Waals surface area contributed by atoms with E-state index in [1.165, 1.54) is 12.1 Å². The normalized spacial score (nSPS) is 10.8. The fourth-order valence-electron chi connectivity index (χ4n) is 1.37. The van der Waals surface area contributed by atoms with Crippen molar-refractivity contribution in [2.45, 2.75) is 13.8 Å². The minimum Gasteiger partial charge on any atom is -0.508 e. The average Bonchev–Trinajstić information content (AvgIpc) is 2.38. The zero-order chi connectivity index (χ0) is 16.2. The van der Waals surface area contributed by atoms with Gasteiger partial charge in [-0.05, 0) is 32.0 Å². The van der Waals surface area contributed by atoms with Gasteiger partial charge in [-0.15, -0.1) is 0 Å². The molecule has 0 unspecified atom stereocenters. The van der Waals surface area contributed by atoms with Gasteiger partial charge in [-0.2, -0.15) is 0 Å². The summed E-state index contributed by atoms with van der Waals surface area (Å²) in [7, 11) is 0. The van der Waals surface area contributed by atoms with E-state index in [-0.39, 0.29) is 23.5 Å². The van der Waals surface area contributed by atoms with Gasteiger partial charge < -0.3 is 26.6 Å². The Balaban J connectivity index is 2.76. The number of nitrogens with two attached hydrogens (primary N) is 1. The molecular weight excluding hydrogens is 278 g/mol. The number of anilines is 1. The van der Waals surface area contributed by atoms with Crippen molar-refractivity contribution in [3.63, 3.8) is 0 Å². The first-order valence-corrected chi connectivity index (χ1v) is 6.04. The third-order valence-electron chi connectivity index (χ3n) is 2.84. The molecule has 0 saturated carbocycles. The van der Waals surface area contributed by atoms with Gasteiger partial charge >= 0.3 is 12.0 Å². The fourth-order valence-corrected chi connectivity index (χ4v) is 1.37. The molecule has 8 heteroatoms. The van der Waals surface area contributed by atoms with Gasteiger partial charge in [0.05, 0.1) is 16.7 Å². The molecule has 0 aromatic heterocycles. The molecule has 6 N–H and O–H groups in total. The maximum atomic E-state index is 11.7. The van der Waals surface area contributed by atoms with Crippen LogP contribution in [-0.2, 0) is 4.79 Å². The Morgan fingerprint density at radius 2 is 1.90 bits per heavy atom. The van der Waals surface area contributed by atoms with E-state index >= 15 is 0 Å². The van der Waals surface area contributed by atoms with Crippen LogP contribution >= 0.6 is 0 Å². The van der Waals surface area contributed by atoms with Crippen molar-refractivity contribution in [3.8, 4) is 5.75 Å². The molecule has 0 heterocycles. The van der Waals surface area contributed by atoms with Gasteiger partial charge in [0, 0.05) is 6.54 Å². The van der Waals surface area contributed by atoms with Crippen molar-refractivity contribution in [1.82, 2.24) is 5.32 Å². The van der Waals surface area contributed by atoms with Crippen molar-refractivity contribution < 1.29 is 24.6 Å². The SMILES string of the molecule is CC(C)(CNC(=O)Nc1ccc(O)cc1C(=O)O)C(N)=O.